The van der Waals surface area contributed by atoms with Gasteiger partial charge in [-0.1, -0.05) is 6.07 Å². The fourth-order valence-corrected chi connectivity index (χ4v) is 1.72. The third-order valence-electron chi connectivity index (χ3n) is 2.69. The second-order valence-corrected chi connectivity index (χ2v) is 3.90. The number of anilines is 1. The van der Waals surface area contributed by atoms with Crippen molar-refractivity contribution in [2.75, 3.05) is 45.8 Å². The van der Waals surface area contributed by atoms with Crippen molar-refractivity contribution >= 4 is 11.7 Å². The van der Waals surface area contributed by atoms with Gasteiger partial charge in [0, 0.05) is 13.1 Å². The SMILES string of the molecule is COc1cccc(OC)c1NC(=O)N(CCO)CCO. The third-order valence-corrected chi connectivity index (χ3v) is 2.69. The molecular formula is C13H20N2O5. The normalized spacial score (nSPS) is 10.0. The van der Waals surface area contributed by atoms with Crippen molar-refractivity contribution in [3.05, 3.63) is 18.2 Å². The standard InChI is InChI=1S/C13H20N2O5/c1-19-10-4-3-5-11(20-2)12(10)14-13(18)15(6-8-16)7-9-17/h3-5,16-17H,6-9H2,1-2H3,(H,14,18). The van der Waals surface area contributed by atoms with E-state index in [1.165, 1.54) is 19.1 Å². The first-order valence-corrected chi connectivity index (χ1v) is 6.16. The van der Waals surface area contributed by atoms with Gasteiger partial charge in [0.15, 0.2) is 0 Å². The summed E-state index contributed by atoms with van der Waals surface area (Å²) in [5, 5.41) is 20.5. The number of carbonyl (C=O) groups excluding carboxylic acids is 1. The first-order chi connectivity index (χ1) is 9.67. The van der Waals surface area contributed by atoms with Crippen LogP contribution in [0.1, 0.15) is 0 Å². The lowest BCUT2D eigenvalue weighted by Crippen LogP contribution is -2.39. The lowest BCUT2D eigenvalue weighted by atomic mass is 10.2. The Labute approximate surface area is 117 Å². The average molecular weight is 284 g/mol. The van der Waals surface area contributed by atoms with Gasteiger partial charge >= 0.3 is 6.03 Å². The molecule has 0 unspecified atom stereocenters. The number of nitrogens with zero attached hydrogens (tertiary/aromatic N) is 1. The van der Waals surface area contributed by atoms with Crippen LogP contribution in [0.4, 0.5) is 10.5 Å². The predicted octanol–water partition coefficient (Wildman–Crippen LogP) is 0.522. The molecule has 0 aliphatic heterocycles. The van der Waals surface area contributed by atoms with E-state index in [2.05, 4.69) is 5.32 Å². The molecule has 1 rings (SSSR count). The summed E-state index contributed by atoms with van der Waals surface area (Å²) < 4.78 is 10.4. The van der Waals surface area contributed by atoms with E-state index in [4.69, 9.17) is 19.7 Å². The average Bonchev–Trinajstić information content (AvgIpc) is 2.47. The molecule has 0 saturated heterocycles. The maximum Gasteiger partial charge on any atom is 0.322 e. The van der Waals surface area contributed by atoms with Crippen molar-refractivity contribution in [2.24, 2.45) is 0 Å². The fourth-order valence-electron chi connectivity index (χ4n) is 1.72. The molecule has 0 bridgehead atoms. The number of carbonyl (C=O) groups is 1. The minimum atomic E-state index is -0.448. The molecule has 0 saturated carbocycles. The van der Waals surface area contributed by atoms with Crippen molar-refractivity contribution in [3.8, 4) is 11.5 Å². The Hall–Kier alpha value is -1.99. The Morgan fingerprint density at radius 1 is 1.15 bits per heavy atom. The number of ether oxygens (including phenoxy) is 2. The highest BCUT2D eigenvalue weighted by molar-refractivity contribution is 5.93. The molecule has 0 fully saturated rings. The largest absolute Gasteiger partial charge is 0.494 e. The Morgan fingerprint density at radius 3 is 2.05 bits per heavy atom. The number of hydrogen-bond acceptors (Lipinski definition) is 5. The lowest BCUT2D eigenvalue weighted by molar-refractivity contribution is 0.167. The topological polar surface area (TPSA) is 91.3 Å². The molecule has 2 amide bonds. The second kappa shape index (κ2) is 8.23. The minimum absolute atomic E-state index is 0.129. The molecule has 7 heteroatoms. The summed E-state index contributed by atoms with van der Waals surface area (Å²) >= 11 is 0. The minimum Gasteiger partial charge on any atom is -0.494 e. The van der Waals surface area contributed by atoms with Gasteiger partial charge in [0.05, 0.1) is 27.4 Å². The number of methoxy groups -OCH3 is 2. The zero-order chi connectivity index (χ0) is 15.0. The van der Waals surface area contributed by atoms with Crippen LogP contribution in [0.15, 0.2) is 18.2 Å². The maximum absolute atomic E-state index is 12.1. The van der Waals surface area contributed by atoms with Crippen LogP contribution in [0.5, 0.6) is 11.5 Å². The zero-order valence-corrected chi connectivity index (χ0v) is 11.6. The van der Waals surface area contributed by atoms with Crippen LogP contribution in [0, 0.1) is 0 Å². The Bertz CT molecular complexity index is 411. The van der Waals surface area contributed by atoms with Crippen molar-refractivity contribution in [1.82, 2.24) is 4.90 Å². The van der Waals surface area contributed by atoms with Crippen LogP contribution < -0.4 is 14.8 Å². The van der Waals surface area contributed by atoms with Crippen LogP contribution in [0.2, 0.25) is 0 Å². The number of amides is 2. The van der Waals surface area contributed by atoms with E-state index in [0.29, 0.717) is 17.2 Å². The van der Waals surface area contributed by atoms with Crippen molar-refractivity contribution in [1.29, 1.82) is 0 Å². The Balaban J connectivity index is 2.93. The van der Waals surface area contributed by atoms with Crippen LogP contribution in [-0.4, -0.2) is 61.7 Å². The van der Waals surface area contributed by atoms with Gasteiger partial charge in [0.2, 0.25) is 0 Å². The zero-order valence-electron chi connectivity index (χ0n) is 11.6. The second-order valence-electron chi connectivity index (χ2n) is 3.90. The highest BCUT2D eigenvalue weighted by Gasteiger charge is 2.17. The third kappa shape index (κ3) is 4.01. The molecule has 1 aromatic carbocycles. The molecule has 0 aromatic heterocycles. The molecule has 7 nitrogen and oxygen atoms in total. The lowest BCUT2D eigenvalue weighted by Gasteiger charge is -2.22. The van der Waals surface area contributed by atoms with E-state index >= 15 is 0 Å². The number of rotatable bonds is 7. The molecular weight excluding hydrogens is 264 g/mol. The van der Waals surface area contributed by atoms with Gasteiger partial charge in [0.25, 0.3) is 0 Å². The number of aliphatic hydroxyl groups excluding tert-OH is 2. The summed E-state index contributed by atoms with van der Waals surface area (Å²) in [5.74, 6) is 0.927. The van der Waals surface area contributed by atoms with E-state index in [-0.39, 0.29) is 26.3 Å². The Kier molecular flexibility index (Phi) is 6.61. The smallest absolute Gasteiger partial charge is 0.322 e. The van der Waals surface area contributed by atoms with Gasteiger partial charge in [-0.2, -0.15) is 0 Å². The maximum atomic E-state index is 12.1. The highest BCUT2D eigenvalue weighted by Crippen LogP contribution is 2.34. The van der Waals surface area contributed by atoms with Crippen LogP contribution in [0.25, 0.3) is 0 Å². The molecule has 0 spiro atoms. The fraction of sp³-hybridized carbons (Fsp3) is 0.462. The monoisotopic (exact) mass is 284 g/mol. The van der Waals surface area contributed by atoms with E-state index < -0.39 is 6.03 Å². The Morgan fingerprint density at radius 2 is 1.65 bits per heavy atom. The summed E-state index contributed by atoms with van der Waals surface area (Å²) in [4.78, 5) is 13.4. The molecule has 0 atom stereocenters. The molecule has 0 heterocycles. The molecule has 112 valence electrons. The first kappa shape index (κ1) is 16.1. The van der Waals surface area contributed by atoms with Crippen molar-refractivity contribution < 1.29 is 24.5 Å². The highest BCUT2D eigenvalue weighted by atomic mass is 16.5. The molecule has 0 radical (unpaired) electrons. The van der Waals surface area contributed by atoms with Crippen LogP contribution in [-0.2, 0) is 0 Å². The quantitative estimate of drug-likeness (QED) is 0.679. The number of urea groups is 1. The summed E-state index contributed by atoms with van der Waals surface area (Å²) in [6, 6.07) is 4.68. The number of aliphatic hydroxyl groups is 2. The number of benzene rings is 1. The molecule has 0 aliphatic rings. The van der Waals surface area contributed by atoms with Crippen molar-refractivity contribution in [3.63, 3.8) is 0 Å². The van der Waals surface area contributed by atoms with Crippen molar-refractivity contribution in [2.45, 2.75) is 0 Å². The van der Waals surface area contributed by atoms with Gasteiger partial charge in [-0.3, -0.25) is 0 Å². The van der Waals surface area contributed by atoms with E-state index in [9.17, 15) is 4.79 Å². The summed E-state index contributed by atoms with van der Waals surface area (Å²) in [5.41, 5.74) is 0.406. The van der Waals surface area contributed by atoms with Gasteiger partial charge in [0.1, 0.15) is 17.2 Å². The molecule has 0 aliphatic carbocycles. The van der Waals surface area contributed by atoms with E-state index in [0.717, 1.165) is 0 Å². The van der Waals surface area contributed by atoms with Gasteiger partial charge < -0.3 is 29.9 Å². The number of hydrogen-bond donors (Lipinski definition) is 3. The van der Waals surface area contributed by atoms with E-state index in [1.807, 2.05) is 0 Å². The summed E-state index contributed by atoms with van der Waals surface area (Å²) in [6.45, 7) is -0.110. The van der Waals surface area contributed by atoms with Gasteiger partial charge in [-0.05, 0) is 12.1 Å². The number of nitrogens with one attached hydrogen (secondary N) is 1. The molecule has 1 aromatic rings. The van der Waals surface area contributed by atoms with Gasteiger partial charge in [-0.15, -0.1) is 0 Å². The molecule has 3 N–H and O–H groups in total. The first-order valence-electron chi connectivity index (χ1n) is 6.16. The predicted molar refractivity (Wildman–Crippen MR) is 74.3 cm³/mol. The summed E-state index contributed by atoms with van der Waals surface area (Å²) in [6.07, 6.45) is 0. The van der Waals surface area contributed by atoms with E-state index in [1.54, 1.807) is 18.2 Å². The summed E-state index contributed by atoms with van der Waals surface area (Å²) in [7, 11) is 2.98. The van der Waals surface area contributed by atoms with Crippen LogP contribution >= 0.6 is 0 Å². The molecule has 20 heavy (non-hydrogen) atoms. The van der Waals surface area contributed by atoms with Gasteiger partial charge in [-0.25, -0.2) is 4.79 Å². The number of para-hydroxylation sites is 1. The van der Waals surface area contributed by atoms with Crippen LogP contribution in [0.3, 0.4) is 0 Å².